The lowest BCUT2D eigenvalue weighted by molar-refractivity contribution is 0.419. The summed E-state index contributed by atoms with van der Waals surface area (Å²) in [5, 5.41) is 0. The average Bonchev–Trinajstić information content (AvgIpc) is 2.02. The average molecular weight is 269 g/mol. The highest BCUT2D eigenvalue weighted by Crippen LogP contribution is 2.06. The first kappa shape index (κ1) is 14.7. The molecule has 7 heteroatoms. The minimum Gasteiger partial charge on any atom is -0.463 e. The van der Waals surface area contributed by atoms with Crippen molar-refractivity contribution in [3.8, 4) is 0 Å². The van der Waals surface area contributed by atoms with Gasteiger partial charge in [-0.15, -0.1) is 0 Å². The second kappa shape index (κ2) is 9.01. The Kier molecular flexibility index (Phi) is 9.49. The second-order valence-electron chi connectivity index (χ2n) is 3.84. The maximum Gasteiger partial charge on any atom is 0.308 e. The molecule has 0 aliphatic rings. The molecule has 0 fully saturated rings. The Bertz CT molecular complexity index is 136. The van der Waals surface area contributed by atoms with E-state index in [0.717, 1.165) is 12.5 Å². The van der Waals surface area contributed by atoms with Crippen LogP contribution in [0.3, 0.4) is 0 Å². The molecule has 0 aromatic carbocycles. The molecule has 0 spiro atoms. The van der Waals surface area contributed by atoms with Gasteiger partial charge in [0, 0.05) is 0 Å². The Morgan fingerprint density at radius 3 is 2.36 bits per heavy atom. The molecule has 14 heavy (non-hydrogen) atoms. The minimum atomic E-state index is -1.80. The van der Waals surface area contributed by atoms with Gasteiger partial charge in [-0.05, 0) is 31.7 Å². The zero-order chi connectivity index (χ0) is 11.0. The Labute approximate surface area is 95.1 Å². The summed E-state index contributed by atoms with van der Waals surface area (Å²) in [7, 11) is -3.89. The highest BCUT2D eigenvalue weighted by Gasteiger charge is 2.11. The summed E-state index contributed by atoms with van der Waals surface area (Å²) in [6.45, 7) is 8.65. The lowest BCUT2D eigenvalue weighted by Crippen LogP contribution is -2.25. The van der Waals surface area contributed by atoms with Crippen molar-refractivity contribution in [1.82, 2.24) is 0 Å². The van der Waals surface area contributed by atoms with Gasteiger partial charge in [-0.1, -0.05) is 13.0 Å². The van der Waals surface area contributed by atoms with Crippen molar-refractivity contribution in [2.24, 2.45) is 0 Å². The van der Waals surface area contributed by atoms with Crippen molar-refractivity contribution in [2.75, 3.05) is 0 Å². The second-order valence-corrected chi connectivity index (χ2v) is 12.6. The zero-order valence-electron chi connectivity index (χ0n) is 9.82. The van der Waals surface area contributed by atoms with Crippen LogP contribution in [0, 0.1) is 0 Å². The first-order valence-electron chi connectivity index (χ1n) is 5.51. The molecule has 2 unspecified atom stereocenters. The first-order chi connectivity index (χ1) is 6.56. The van der Waals surface area contributed by atoms with Crippen LogP contribution in [0.1, 0.15) is 6.42 Å². The molecule has 0 aromatic rings. The predicted molar refractivity (Wildman–Crippen MR) is 72.1 cm³/mol. The van der Waals surface area contributed by atoms with Gasteiger partial charge in [0.05, 0.1) is 0 Å². The van der Waals surface area contributed by atoms with Gasteiger partial charge in [-0.2, -0.15) is 0 Å². The maximum absolute atomic E-state index is 9.60. The molecule has 1 N–H and O–H groups in total. The Balaban J connectivity index is 3.34. The third-order valence-electron chi connectivity index (χ3n) is 1.94. The molecule has 0 aromatic heterocycles. The highest BCUT2D eigenvalue weighted by molar-refractivity contribution is 6.61. The molecular weight excluding hydrogens is 244 g/mol. The van der Waals surface area contributed by atoms with Crippen molar-refractivity contribution in [1.29, 1.82) is 0 Å². The standard InChI is InChI=1S/C7H24O3Si4/c1-11-9-13(4)6-5-7-14(8)10-12(2)3/h8,12-14H,5-7,11H2,1-4H3. The van der Waals surface area contributed by atoms with Crippen molar-refractivity contribution in [2.45, 2.75) is 44.7 Å². The van der Waals surface area contributed by atoms with Crippen LogP contribution in [0.2, 0.25) is 38.3 Å². The van der Waals surface area contributed by atoms with E-state index < -0.39 is 27.4 Å². The SMILES string of the molecule is C[SiH2]O[SiH](C)CCC[SiH](O)O[SiH](C)C. The molecule has 3 nitrogen and oxygen atoms in total. The van der Waals surface area contributed by atoms with Gasteiger partial charge in [-0.25, -0.2) is 0 Å². The van der Waals surface area contributed by atoms with Crippen LogP contribution in [0.4, 0.5) is 0 Å². The Hall–Kier alpha value is 0.748. The van der Waals surface area contributed by atoms with Crippen molar-refractivity contribution in [3.63, 3.8) is 0 Å². The molecule has 0 saturated heterocycles. The van der Waals surface area contributed by atoms with Gasteiger partial charge >= 0.3 is 9.28 Å². The summed E-state index contributed by atoms with van der Waals surface area (Å²) in [5.74, 6) is 0. The molecule has 0 aliphatic carbocycles. The van der Waals surface area contributed by atoms with Crippen LogP contribution in [0.15, 0.2) is 0 Å². The lowest BCUT2D eigenvalue weighted by Gasteiger charge is -2.14. The molecule has 2 atom stereocenters. The molecule has 0 rings (SSSR count). The third-order valence-corrected chi connectivity index (χ3v) is 11.1. The van der Waals surface area contributed by atoms with Crippen molar-refractivity contribution < 1.29 is 13.0 Å². The summed E-state index contributed by atoms with van der Waals surface area (Å²) in [5.41, 5.74) is 0. The van der Waals surface area contributed by atoms with Gasteiger partial charge in [0.15, 0.2) is 18.1 Å². The summed E-state index contributed by atoms with van der Waals surface area (Å²) in [6, 6.07) is 2.12. The fourth-order valence-corrected chi connectivity index (χ4v) is 9.20. The van der Waals surface area contributed by atoms with Gasteiger partial charge < -0.3 is 13.0 Å². The van der Waals surface area contributed by atoms with E-state index in [-0.39, 0.29) is 9.76 Å². The maximum atomic E-state index is 9.60. The van der Waals surface area contributed by atoms with Crippen LogP contribution in [-0.2, 0) is 8.23 Å². The normalized spacial score (nSPS) is 16.7. The molecular formula is C7H24O3Si4. The fraction of sp³-hybridized carbons (Fsp3) is 1.00. The molecule has 0 saturated carbocycles. The van der Waals surface area contributed by atoms with E-state index in [1.165, 1.54) is 6.04 Å². The predicted octanol–water partition coefficient (Wildman–Crippen LogP) is 0.0914. The highest BCUT2D eigenvalue weighted by atomic mass is 28.4. The number of hydrogen-bond acceptors (Lipinski definition) is 3. The third kappa shape index (κ3) is 9.31. The van der Waals surface area contributed by atoms with E-state index >= 15 is 0 Å². The van der Waals surface area contributed by atoms with Crippen LogP contribution in [0.25, 0.3) is 0 Å². The fourth-order valence-electron chi connectivity index (χ4n) is 1.33. The molecule has 0 bridgehead atoms. The molecule has 0 aliphatic heterocycles. The summed E-state index contributed by atoms with van der Waals surface area (Å²) in [6.07, 6.45) is 1.11. The van der Waals surface area contributed by atoms with E-state index in [4.69, 9.17) is 8.23 Å². The lowest BCUT2D eigenvalue weighted by atomic mass is 10.6. The first-order valence-corrected chi connectivity index (χ1v) is 14.5. The largest absolute Gasteiger partial charge is 0.463 e. The van der Waals surface area contributed by atoms with E-state index in [1.54, 1.807) is 0 Å². The van der Waals surface area contributed by atoms with Gasteiger partial charge in [-0.3, -0.25) is 0 Å². The van der Waals surface area contributed by atoms with Crippen LogP contribution >= 0.6 is 0 Å². The number of rotatable bonds is 8. The minimum absolute atomic E-state index is 0.213. The van der Waals surface area contributed by atoms with Gasteiger partial charge in [0.25, 0.3) is 0 Å². The van der Waals surface area contributed by atoms with Gasteiger partial charge in [0.2, 0.25) is 0 Å². The monoisotopic (exact) mass is 268 g/mol. The molecule has 0 heterocycles. The number of hydrogen-bond donors (Lipinski definition) is 1. The smallest absolute Gasteiger partial charge is 0.308 e. The van der Waals surface area contributed by atoms with E-state index in [1.807, 2.05) is 0 Å². The van der Waals surface area contributed by atoms with Crippen molar-refractivity contribution in [3.05, 3.63) is 0 Å². The van der Waals surface area contributed by atoms with Crippen molar-refractivity contribution >= 4 is 37.1 Å². The summed E-state index contributed by atoms with van der Waals surface area (Å²) < 4.78 is 11.2. The topological polar surface area (TPSA) is 38.7 Å². The summed E-state index contributed by atoms with van der Waals surface area (Å²) in [4.78, 5) is 9.60. The Morgan fingerprint density at radius 2 is 1.86 bits per heavy atom. The van der Waals surface area contributed by atoms with E-state index in [2.05, 4.69) is 26.2 Å². The Morgan fingerprint density at radius 1 is 1.21 bits per heavy atom. The van der Waals surface area contributed by atoms with Crippen LogP contribution in [0.5, 0.6) is 0 Å². The van der Waals surface area contributed by atoms with E-state index in [0.29, 0.717) is 0 Å². The molecule has 0 radical (unpaired) electrons. The van der Waals surface area contributed by atoms with Crippen LogP contribution in [-0.4, -0.2) is 41.9 Å². The van der Waals surface area contributed by atoms with E-state index in [9.17, 15) is 4.80 Å². The van der Waals surface area contributed by atoms with Gasteiger partial charge in [0.1, 0.15) is 9.76 Å². The summed E-state index contributed by atoms with van der Waals surface area (Å²) >= 11 is 0. The molecule has 86 valence electrons. The quantitative estimate of drug-likeness (QED) is 0.634. The zero-order valence-corrected chi connectivity index (χ0v) is 14.7. The molecule has 0 amide bonds. The van der Waals surface area contributed by atoms with Crippen LogP contribution < -0.4 is 0 Å².